The van der Waals surface area contributed by atoms with Gasteiger partial charge in [0, 0.05) is 12.4 Å². The van der Waals surface area contributed by atoms with Crippen molar-refractivity contribution >= 4 is 17.6 Å². The highest BCUT2D eigenvalue weighted by molar-refractivity contribution is 5.92. The molecule has 2 aromatic rings. The molecule has 2 rings (SSSR count). The van der Waals surface area contributed by atoms with Gasteiger partial charge in [0.15, 0.2) is 0 Å². The number of carboxylic acid groups (broad SMARTS) is 1. The molecule has 19 heavy (non-hydrogen) atoms. The zero-order valence-corrected chi connectivity index (χ0v) is 10.3. The van der Waals surface area contributed by atoms with E-state index in [9.17, 15) is 9.59 Å². The highest BCUT2D eigenvalue weighted by atomic mass is 16.4. The first-order valence-corrected chi connectivity index (χ1v) is 5.68. The number of carbonyl (C=O) groups is 2. The Morgan fingerprint density at radius 3 is 2.84 bits per heavy atom. The van der Waals surface area contributed by atoms with Crippen molar-refractivity contribution in [3.63, 3.8) is 0 Å². The number of anilines is 1. The van der Waals surface area contributed by atoms with Gasteiger partial charge in [-0.25, -0.2) is 4.79 Å². The van der Waals surface area contributed by atoms with E-state index in [2.05, 4.69) is 10.3 Å². The molecule has 0 aliphatic rings. The molecule has 2 N–H and O–H groups in total. The Labute approximate surface area is 109 Å². The van der Waals surface area contributed by atoms with Crippen LogP contribution in [0.1, 0.15) is 16.2 Å². The summed E-state index contributed by atoms with van der Waals surface area (Å²) in [7, 11) is 0. The molecule has 2 heterocycles. The molecule has 2 aromatic heterocycles. The second-order valence-electron chi connectivity index (χ2n) is 4.01. The zero-order valence-electron chi connectivity index (χ0n) is 10.3. The first-order valence-electron chi connectivity index (χ1n) is 5.68. The van der Waals surface area contributed by atoms with Crippen LogP contribution in [0.15, 0.2) is 36.7 Å². The minimum Gasteiger partial charge on any atom is -0.477 e. The van der Waals surface area contributed by atoms with Crippen molar-refractivity contribution in [3.8, 4) is 0 Å². The minimum atomic E-state index is -1.06. The predicted molar refractivity (Wildman–Crippen MR) is 69.0 cm³/mol. The number of carboxylic acids is 1. The summed E-state index contributed by atoms with van der Waals surface area (Å²) in [6.07, 6.45) is 3.19. The summed E-state index contributed by atoms with van der Waals surface area (Å²) in [5, 5.41) is 11.6. The lowest BCUT2D eigenvalue weighted by molar-refractivity contribution is -0.116. The molecule has 0 aliphatic carbocycles. The lowest BCUT2D eigenvalue weighted by atomic mass is 10.3. The van der Waals surface area contributed by atoms with E-state index in [1.165, 1.54) is 10.6 Å². The molecule has 0 aromatic carbocycles. The highest BCUT2D eigenvalue weighted by Crippen LogP contribution is 2.10. The van der Waals surface area contributed by atoms with E-state index >= 15 is 0 Å². The molecule has 0 saturated carbocycles. The average Bonchev–Trinajstić information content (AvgIpc) is 2.80. The summed E-state index contributed by atoms with van der Waals surface area (Å²) in [5.74, 6) is -1.36. The van der Waals surface area contributed by atoms with Crippen LogP contribution in [0.3, 0.4) is 0 Å². The lowest BCUT2D eigenvalue weighted by Crippen LogP contribution is -2.21. The van der Waals surface area contributed by atoms with Crippen LogP contribution in [0.2, 0.25) is 0 Å². The smallest absolute Gasteiger partial charge is 0.352 e. The van der Waals surface area contributed by atoms with E-state index in [0.29, 0.717) is 11.4 Å². The third-order valence-corrected chi connectivity index (χ3v) is 2.64. The number of carbonyl (C=O) groups excluding carboxylic acids is 1. The normalized spacial score (nSPS) is 10.2. The number of rotatable bonds is 4. The molecule has 1 amide bonds. The molecule has 6 heteroatoms. The predicted octanol–water partition coefficient (Wildman–Crippen LogP) is 1.53. The van der Waals surface area contributed by atoms with E-state index in [4.69, 9.17) is 5.11 Å². The van der Waals surface area contributed by atoms with Gasteiger partial charge in [0.25, 0.3) is 0 Å². The topological polar surface area (TPSA) is 84.2 Å². The highest BCUT2D eigenvalue weighted by Gasteiger charge is 2.12. The number of nitrogens with zero attached hydrogens (tertiary/aromatic N) is 2. The summed E-state index contributed by atoms with van der Waals surface area (Å²) < 4.78 is 1.38. The van der Waals surface area contributed by atoms with Crippen LogP contribution in [-0.4, -0.2) is 26.5 Å². The molecular formula is C13H13N3O3. The number of hydrogen-bond donors (Lipinski definition) is 2. The van der Waals surface area contributed by atoms with Crippen LogP contribution in [0.25, 0.3) is 0 Å². The summed E-state index contributed by atoms with van der Waals surface area (Å²) in [6.45, 7) is 1.73. The van der Waals surface area contributed by atoms with Crippen LogP contribution >= 0.6 is 0 Å². The maximum Gasteiger partial charge on any atom is 0.352 e. The molecular weight excluding hydrogens is 246 g/mol. The molecule has 0 radical (unpaired) electrons. The Balaban J connectivity index is 2.08. The van der Waals surface area contributed by atoms with E-state index in [0.717, 1.165) is 0 Å². The summed E-state index contributed by atoms with van der Waals surface area (Å²) >= 11 is 0. The molecule has 0 spiro atoms. The number of aromatic carboxylic acids is 1. The molecule has 0 fully saturated rings. The first kappa shape index (κ1) is 12.8. The Hall–Kier alpha value is -2.63. The molecule has 0 saturated heterocycles. The van der Waals surface area contributed by atoms with Crippen molar-refractivity contribution in [1.82, 2.24) is 9.55 Å². The van der Waals surface area contributed by atoms with Crippen LogP contribution in [-0.2, 0) is 11.3 Å². The number of amides is 1. The van der Waals surface area contributed by atoms with Gasteiger partial charge in [0.05, 0.1) is 11.4 Å². The number of hydrogen-bond acceptors (Lipinski definition) is 3. The van der Waals surface area contributed by atoms with Crippen molar-refractivity contribution in [2.75, 3.05) is 5.32 Å². The summed E-state index contributed by atoms with van der Waals surface area (Å²) in [4.78, 5) is 26.8. The fourth-order valence-corrected chi connectivity index (χ4v) is 1.71. The maximum absolute atomic E-state index is 11.9. The van der Waals surface area contributed by atoms with Gasteiger partial charge in [-0.15, -0.1) is 0 Å². The van der Waals surface area contributed by atoms with Gasteiger partial charge in [-0.3, -0.25) is 9.78 Å². The van der Waals surface area contributed by atoms with E-state index in [-0.39, 0.29) is 18.1 Å². The van der Waals surface area contributed by atoms with Crippen LogP contribution < -0.4 is 5.32 Å². The maximum atomic E-state index is 11.9. The van der Waals surface area contributed by atoms with Gasteiger partial charge < -0.3 is 15.0 Å². The molecule has 98 valence electrons. The largest absolute Gasteiger partial charge is 0.477 e. The molecule has 0 unspecified atom stereocenters. The van der Waals surface area contributed by atoms with Gasteiger partial charge in [-0.2, -0.15) is 0 Å². The lowest BCUT2D eigenvalue weighted by Gasteiger charge is -2.09. The number of aromatic nitrogens is 2. The second kappa shape index (κ2) is 5.34. The Kier molecular flexibility index (Phi) is 3.61. The van der Waals surface area contributed by atoms with Crippen molar-refractivity contribution in [2.45, 2.75) is 13.5 Å². The van der Waals surface area contributed by atoms with E-state index < -0.39 is 5.97 Å². The van der Waals surface area contributed by atoms with E-state index in [1.807, 2.05) is 0 Å². The molecule has 0 atom stereocenters. The van der Waals surface area contributed by atoms with Gasteiger partial charge in [0.1, 0.15) is 12.2 Å². The summed E-state index contributed by atoms with van der Waals surface area (Å²) in [6, 6.07) is 6.51. The Morgan fingerprint density at radius 2 is 2.16 bits per heavy atom. The third-order valence-electron chi connectivity index (χ3n) is 2.64. The quantitative estimate of drug-likeness (QED) is 0.872. The van der Waals surface area contributed by atoms with Crippen molar-refractivity contribution in [3.05, 3.63) is 48.0 Å². The number of aryl methyl sites for hydroxylation is 1. The fraction of sp³-hybridized carbons (Fsp3) is 0.154. The standard InChI is InChI=1S/C13H13N3O3/c1-9-10(4-2-6-14-9)15-12(17)8-16-7-3-5-11(16)13(18)19/h2-7H,8H2,1H3,(H,15,17)(H,18,19). The van der Waals surface area contributed by atoms with Crippen LogP contribution in [0.4, 0.5) is 5.69 Å². The second-order valence-corrected chi connectivity index (χ2v) is 4.01. The molecule has 0 aliphatic heterocycles. The van der Waals surface area contributed by atoms with Gasteiger partial charge in [-0.05, 0) is 31.2 Å². The summed E-state index contributed by atoms with van der Waals surface area (Å²) in [5.41, 5.74) is 1.41. The minimum absolute atomic E-state index is 0.0526. The first-order chi connectivity index (χ1) is 9.08. The molecule has 6 nitrogen and oxygen atoms in total. The zero-order chi connectivity index (χ0) is 13.8. The van der Waals surface area contributed by atoms with Crippen LogP contribution in [0.5, 0.6) is 0 Å². The number of nitrogens with one attached hydrogen (secondary N) is 1. The van der Waals surface area contributed by atoms with Crippen molar-refractivity contribution in [1.29, 1.82) is 0 Å². The Bertz CT molecular complexity index is 619. The SMILES string of the molecule is Cc1ncccc1NC(=O)Cn1cccc1C(=O)O. The third kappa shape index (κ3) is 2.98. The van der Waals surface area contributed by atoms with Crippen molar-refractivity contribution < 1.29 is 14.7 Å². The van der Waals surface area contributed by atoms with Gasteiger partial charge in [0.2, 0.25) is 5.91 Å². The van der Waals surface area contributed by atoms with Gasteiger partial charge in [-0.1, -0.05) is 0 Å². The number of pyridine rings is 1. The van der Waals surface area contributed by atoms with Crippen LogP contribution in [0, 0.1) is 6.92 Å². The Morgan fingerprint density at radius 1 is 1.37 bits per heavy atom. The average molecular weight is 259 g/mol. The fourth-order valence-electron chi connectivity index (χ4n) is 1.71. The monoisotopic (exact) mass is 259 g/mol. The van der Waals surface area contributed by atoms with E-state index in [1.54, 1.807) is 37.5 Å². The van der Waals surface area contributed by atoms with Crippen molar-refractivity contribution in [2.24, 2.45) is 0 Å². The molecule has 0 bridgehead atoms. The van der Waals surface area contributed by atoms with Gasteiger partial charge >= 0.3 is 5.97 Å².